The van der Waals surface area contributed by atoms with Crippen molar-refractivity contribution in [3.63, 3.8) is 0 Å². The zero-order valence-corrected chi connectivity index (χ0v) is 13.8. The van der Waals surface area contributed by atoms with Gasteiger partial charge in [-0.05, 0) is 40.5 Å². The second kappa shape index (κ2) is 7.11. The van der Waals surface area contributed by atoms with Crippen LogP contribution in [-0.2, 0) is 9.53 Å². The van der Waals surface area contributed by atoms with Crippen molar-refractivity contribution in [3.8, 4) is 0 Å². The van der Waals surface area contributed by atoms with Crippen LogP contribution in [0.25, 0.3) is 0 Å². The molecule has 1 rings (SSSR count). The number of nitrogens with one attached hydrogen (secondary N) is 1. The number of carbonyl (C=O) groups is 2. The van der Waals surface area contributed by atoms with Crippen LogP contribution < -0.4 is 11.1 Å². The molecule has 3 atom stereocenters. The van der Waals surface area contributed by atoms with Crippen molar-refractivity contribution in [2.75, 3.05) is 7.05 Å². The van der Waals surface area contributed by atoms with Gasteiger partial charge in [0.2, 0.25) is 5.91 Å². The van der Waals surface area contributed by atoms with Gasteiger partial charge in [0.15, 0.2) is 0 Å². The van der Waals surface area contributed by atoms with Crippen LogP contribution in [0.3, 0.4) is 0 Å². The molecule has 0 aromatic rings. The highest BCUT2D eigenvalue weighted by molar-refractivity contribution is 5.81. The van der Waals surface area contributed by atoms with Crippen molar-refractivity contribution in [1.82, 2.24) is 10.2 Å². The Morgan fingerprint density at radius 2 is 1.86 bits per heavy atom. The molecule has 0 aromatic carbocycles. The number of amides is 2. The average Bonchev–Trinajstić information content (AvgIpc) is 2.35. The minimum absolute atomic E-state index is 0.0234. The van der Waals surface area contributed by atoms with Crippen molar-refractivity contribution in [3.05, 3.63) is 0 Å². The number of hydrogen-bond donors (Lipinski definition) is 2. The molecular weight excluding hydrogens is 270 g/mol. The normalized spacial score (nSPS) is 24.1. The van der Waals surface area contributed by atoms with E-state index in [0.717, 1.165) is 25.7 Å². The maximum atomic E-state index is 12.1. The number of rotatable bonds is 3. The highest BCUT2D eigenvalue weighted by Gasteiger charge is 2.33. The minimum Gasteiger partial charge on any atom is -0.444 e. The van der Waals surface area contributed by atoms with Crippen LogP contribution in [0.15, 0.2) is 0 Å². The first-order chi connectivity index (χ1) is 9.61. The standard InChI is InChI=1S/C15H29N3O3/c1-10(16)13(19)18(5)12-9-7-6-8-11(12)17-14(20)21-15(2,3)4/h10-12H,6-9,16H2,1-5H3,(H,17,20)/t10-,11?,12?/m0/s1. The lowest BCUT2D eigenvalue weighted by Gasteiger charge is -2.39. The molecule has 1 aliphatic carbocycles. The molecule has 1 aliphatic rings. The molecule has 0 spiro atoms. The monoisotopic (exact) mass is 299 g/mol. The molecule has 2 unspecified atom stereocenters. The summed E-state index contributed by atoms with van der Waals surface area (Å²) in [6.07, 6.45) is 3.38. The summed E-state index contributed by atoms with van der Waals surface area (Å²) >= 11 is 0. The third-order valence-corrected chi connectivity index (χ3v) is 3.67. The Bertz CT molecular complexity index is 377. The Morgan fingerprint density at radius 1 is 1.29 bits per heavy atom. The van der Waals surface area contributed by atoms with Crippen LogP contribution in [0, 0.1) is 0 Å². The first-order valence-corrected chi connectivity index (χ1v) is 7.63. The molecule has 0 radical (unpaired) electrons. The fourth-order valence-electron chi connectivity index (χ4n) is 2.69. The lowest BCUT2D eigenvalue weighted by atomic mass is 9.89. The van der Waals surface area contributed by atoms with E-state index in [1.54, 1.807) is 18.9 Å². The van der Waals surface area contributed by atoms with Gasteiger partial charge in [-0.15, -0.1) is 0 Å². The minimum atomic E-state index is -0.529. The maximum absolute atomic E-state index is 12.1. The van der Waals surface area contributed by atoms with E-state index >= 15 is 0 Å². The Hall–Kier alpha value is -1.30. The summed E-state index contributed by atoms with van der Waals surface area (Å²) in [6, 6.07) is -0.634. The van der Waals surface area contributed by atoms with Crippen LogP contribution >= 0.6 is 0 Å². The molecule has 0 aromatic heterocycles. The van der Waals surface area contributed by atoms with Crippen molar-refractivity contribution in [2.45, 2.75) is 77.1 Å². The van der Waals surface area contributed by atoms with Gasteiger partial charge in [-0.25, -0.2) is 4.79 Å². The second-order valence-corrected chi connectivity index (χ2v) is 6.84. The van der Waals surface area contributed by atoms with E-state index in [9.17, 15) is 9.59 Å². The van der Waals surface area contributed by atoms with E-state index in [1.807, 2.05) is 20.8 Å². The summed E-state index contributed by atoms with van der Waals surface area (Å²) in [5.74, 6) is -0.0992. The topological polar surface area (TPSA) is 84.7 Å². The summed E-state index contributed by atoms with van der Waals surface area (Å²) in [6.45, 7) is 7.17. The molecule has 0 bridgehead atoms. The van der Waals surface area contributed by atoms with Crippen LogP contribution in [0.5, 0.6) is 0 Å². The predicted molar refractivity (Wildman–Crippen MR) is 81.8 cm³/mol. The highest BCUT2D eigenvalue weighted by Crippen LogP contribution is 2.23. The van der Waals surface area contributed by atoms with Gasteiger partial charge in [-0.3, -0.25) is 4.79 Å². The van der Waals surface area contributed by atoms with Gasteiger partial charge < -0.3 is 20.7 Å². The lowest BCUT2D eigenvalue weighted by Crippen LogP contribution is -2.56. The van der Waals surface area contributed by atoms with E-state index in [1.165, 1.54) is 0 Å². The van der Waals surface area contributed by atoms with Gasteiger partial charge in [0.1, 0.15) is 5.60 Å². The molecule has 0 saturated heterocycles. The zero-order chi connectivity index (χ0) is 16.2. The highest BCUT2D eigenvalue weighted by atomic mass is 16.6. The molecule has 122 valence electrons. The Balaban J connectivity index is 2.69. The van der Waals surface area contributed by atoms with Gasteiger partial charge in [0, 0.05) is 7.05 Å². The number of nitrogens with zero attached hydrogens (tertiary/aromatic N) is 1. The molecular formula is C15H29N3O3. The Labute approximate surface area is 127 Å². The molecule has 1 saturated carbocycles. The fourth-order valence-corrected chi connectivity index (χ4v) is 2.69. The lowest BCUT2D eigenvalue weighted by molar-refractivity contribution is -0.134. The van der Waals surface area contributed by atoms with Crippen molar-refractivity contribution < 1.29 is 14.3 Å². The van der Waals surface area contributed by atoms with Gasteiger partial charge in [0.25, 0.3) is 0 Å². The van der Waals surface area contributed by atoms with Crippen LogP contribution in [-0.4, -0.2) is 47.7 Å². The molecule has 21 heavy (non-hydrogen) atoms. The van der Waals surface area contributed by atoms with Crippen molar-refractivity contribution in [1.29, 1.82) is 0 Å². The van der Waals surface area contributed by atoms with Crippen LogP contribution in [0.2, 0.25) is 0 Å². The van der Waals surface area contributed by atoms with E-state index < -0.39 is 17.7 Å². The third-order valence-electron chi connectivity index (χ3n) is 3.67. The van der Waals surface area contributed by atoms with E-state index in [2.05, 4.69) is 5.32 Å². The molecule has 6 heteroatoms. The SMILES string of the molecule is C[C@H](N)C(=O)N(C)C1CCCCC1NC(=O)OC(C)(C)C. The van der Waals surface area contributed by atoms with Crippen LogP contribution in [0.1, 0.15) is 53.4 Å². The summed E-state index contributed by atoms with van der Waals surface area (Å²) in [5, 5.41) is 2.90. The van der Waals surface area contributed by atoms with Gasteiger partial charge >= 0.3 is 6.09 Å². The summed E-state index contributed by atoms with van der Waals surface area (Å²) in [5.41, 5.74) is 5.14. The number of hydrogen-bond acceptors (Lipinski definition) is 4. The first-order valence-electron chi connectivity index (χ1n) is 7.63. The summed E-state index contributed by atoms with van der Waals surface area (Å²) in [4.78, 5) is 25.7. The summed E-state index contributed by atoms with van der Waals surface area (Å²) < 4.78 is 5.30. The predicted octanol–water partition coefficient (Wildman–Crippen LogP) is 1.63. The molecule has 2 amide bonds. The van der Waals surface area contributed by atoms with Crippen molar-refractivity contribution >= 4 is 12.0 Å². The summed E-state index contributed by atoms with van der Waals surface area (Å²) in [7, 11) is 1.76. The van der Waals surface area contributed by atoms with E-state index in [4.69, 9.17) is 10.5 Å². The fraction of sp³-hybridized carbons (Fsp3) is 0.867. The molecule has 0 aliphatic heterocycles. The van der Waals surface area contributed by atoms with E-state index in [0.29, 0.717) is 0 Å². The molecule has 1 fully saturated rings. The van der Waals surface area contributed by atoms with Gasteiger partial charge in [0.05, 0.1) is 18.1 Å². The number of likely N-dealkylation sites (N-methyl/N-ethyl adjacent to an activating group) is 1. The number of ether oxygens (including phenoxy) is 1. The molecule has 0 heterocycles. The number of carbonyl (C=O) groups excluding carboxylic acids is 2. The number of nitrogens with two attached hydrogens (primary N) is 1. The Kier molecular flexibility index (Phi) is 6.01. The second-order valence-electron chi connectivity index (χ2n) is 6.84. The largest absolute Gasteiger partial charge is 0.444 e. The quantitative estimate of drug-likeness (QED) is 0.829. The van der Waals surface area contributed by atoms with Gasteiger partial charge in [-0.2, -0.15) is 0 Å². The smallest absolute Gasteiger partial charge is 0.407 e. The average molecular weight is 299 g/mol. The van der Waals surface area contributed by atoms with Gasteiger partial charge in [-0.1, -0.05) is 12.8 Å². The van der Waals surface area contributed by atoms with E-state index in [-0.39, 0.29) is 18.0 Å². The zero-order valence-electron chi connectivity index (χ0n) is 13.8. The van der Waals surface area contributed by atoms with Crippen LogP contribution in [0.4, 0.5) is 4.79 Å². The van der Waals surface area contributed by atoms with Crippen molar-refractivity contribution in [2.24, 2.45) is 5.73 Å². The first kappa shape index (κ1) is 17.8. The number of alkyl carbamates (subject to hydrolysis) is 1. The maximum Gasteiger partial charge on any atom is 0.407 e. The third kappa shape index (κ3) is 5.53. The molecule has 3 N–H and O–H groups in total. The molecule has 6 nitrogen and oxygen atoms in total. The Morgan fingerprint density at radius 3 is 2.38 bits per heavy atom.